The smallest absolute Gasteiger partial charge is 0.547 e. The van der Waals surface area contributed by atoms with Crippen LogP contribution >= 0.6 is 0 Å². The average molecular weight is 227 g/mol. The molecule has 2 unspecified atom stereocenters. The molecule has 0 aliphatic heterocycles. The molecule has 0 spiro atoms. The number of aliphatic hydroxyl groups excluding tert-OH is 2. The minimum Gasteiger partial charge on any atom is -0.547 e. The first kappa shape index (κ1) is 23.9. The van der Waals surface area contributed by atoms with E-state index in [9.17, 15) is 19.8 Å². The van der Waals surface area contributed by atoms with Crippen LogP contribution in [0.4, 0.5) is 0 Å². The molecule has 0 rings (SSSR count). The molecule has 0 bridgehead atoms. The van der Waals surface area contributed by atoms with Crippen molar-refractivity contribution in [3.8, 4) is 0 Å². The van der Waals surface area contributed by atoms with Crippen LogP contribution in [0.3, 0.4) is 0 Å². The first-order valence-electron chi connectivity index (χ1n) is 3.06. The molecule has 0 radical (unpaired) electrons. The Morgan fingerprint density at radius 1 is 0.929 bits per heavy atom. The molecular weight excluding hydrogens is 217 g/mol. The fraction of sp³-hybridized carbons (Fsp3) is 0.667. The first-order chi connectivity index (χ1) is 5.29. The summed E-state index contributed by atoms with van der Waals surface area (Å²) in [6, 6.07) is 0. The second-order valence-electron chi connectivity index (χ2n) is 1.99. The van der Waals surface area contributed by atoms with Crippen LogP contribution < -0.4 is 10.2 Å². The molecule has 0 aromatic rings. The van der Waals surface area contributed by atoms with Crippen LogP contribution in [-0.2, 0) is 9.59 Å². The minimum absolute atomic E-state index is 0. The number of carbonyl (C=O) groups is 2. The zero-order valence-electron chi connectivity index (χ0n) is 8.10. The van der Waals surface area contributed by atoms with E-state index in [-0.39, 0.29) is 46.1 Å². The van der Waals surface area contributed by atoms with Gasteiger partial charge in [-0.05, 0) is 13.8 Å². The van der Waals surface area contributed by atoms with Gasteiger partial charge < -0.3 is 30.0 Å². The number of hydrogen-bond acceptors (Lipinski definition) is 6. The van der Waals surface area contributed by atoms with E-state index >= 15 is 0 Å². The van der Waals surface area contributed by atoms with Crippen molar-refractivity contribution in [2.75, 3.05) is 0 Å². The van der Waals surface area contributed by atoms with Crippen LogP contribution in [0.15, 0.2) is 0 Å². The van der Waals surface area contributed by atoms with Crippen LogP contribution in [0.5, 0.6) is 0 Å². The molecule has 2 N–H and O–H groups in total. The van der Waals surface area contributed by atoms with Crippen molar-refractivity contribution in [1.82, 2.24) is 0 Å². The summed E-state index contributed by atoms with van der Waals surface area (Å²) in [5.74, 6) is -2.87. The Balaban J connectivity index is -0.0000000625. The van der Waals surface area contributed by atoms with Crippen LogP contribution in [0.25, 0.3) is 0 Å². The third-order valence-electron chi connectivity index (χ3n) is 0.682. The molecule has 0 saturated carbocycles. The summed E-state index contributed by atoms with van der Waals surface area (Å²) in [7, 11) is 0. The van der Waals surface area contributed by atoms with Crippen LogP contribution in [-0.4, -0.2) is 80.5 Å². The van der Waals surface area contributed by atoms with E-state index in [0.717, 1.165) is 13.8 Å². The number of hydrogen-bond donors (Lipinski definition) is 2. The van der Waals surface area contributed by atoms with Crippen molar-refractivity contribution in [2.24, 2.45) is 0 Å². The Hall–Kier alpha value is 0.392. The third-order valence-corrected chi connectivity index (χ3v) is 0.682. The Morgan fingerprint density at radius 3 is 1.00 bits per heavy atom. The van der Waals surface area contributed by atoms with E-state index in [0.29, 0.717) is 0 Å². The van der Waals surface area contributed by atoms with Gasteiger partial charge in [0, 0.05) is 0 Å². The summed E-state index contributed by atoms with van der Waals surface area (Å²) in [6.45, 7) is 2.27. The summed E-state index contributed by atoms with van der Waals surface area (Å²) in [4.78, 5) is 18.7. The molecule has 0 amide bonds. The number of carboxylic acid groups (broad SMARTS) is 2. The van der Waals surface area contributed by atoms with Crippen LogP contribution in [0.1, 0.15) is 13.8 Å². The summed E-state index contributed by atoms with van der Waals surface area (Å²) >= 11 is 0. The normalized spacial score (nSPS) is 11.7. The predicted octanol–water partition coefficient (Wildman–Crippen LogP) is -4.53. The van der Waals surface area contributed by atoms with Crippen molar-refractivity contribution in [2.45, 2.75) is 26.1 Å². The molecule has 0 saturated heterocycles. The fourth-order valence-electron chi connectivity index (χ4n) is 0. The van der Waals surface area contributed by atoms with Gasteiger partial charge in [-0.3, -0.25) is 0 Å². The molecule has 14 heavy (non-hydrogen) atoms. The van der Waals surface area contributed by atoms with E-state index in [4.69, 9.17) is 10.2 Å². The number of carboxylic acids is 2. The summed E-state index contributed by atoms with van der Waals surface area (Å²) in [5.41, 5.74) is 0. The van der Waals surface area contributed by atoms with Gasteiger partial charge in [-0.15, -0.1) is 0 Å². The van der Waals surface area contributed by atoms with Crippen molar-refractivity contribution in [3.05, 3.63) is 0 Å². The molecule has 8 heteroatoms. The zero-order chi connectivity index (χ0) is 10.3. The van der Waals surface area contributed by atoms with Crippen molar-refractivity contribution < 1.29 is 30.0 Å². The van der Waals surface area contributed by atoms with Gasteiger partial charge in [0.15, 0.2) is 0 Å². The Morgan fingerprint density at radius 2 is 1.00 bits per heavy atom. The van der Waals surface area contributed by atoms with Gasteiger partial charge in [-0.25, -0.2) is 0 Å². The zero-order valence-corrected chi connectivity index (χ0v) is 10.9. The van der Waals surface area contributed by atoms with Crippen molar-refractivity contribution >= 4 is 58.0 Å². The molecule has 0 aromatic heterocycles. The van der Waals surface area contributed by atoms with Crippen LogP contribution in [0, 0.1) is 0 Å². The number of rotatable bonds is 2. The van der Waals surface area contributed by atoms with Crippen LogP contribution in [0.2, 0.25) is 0 Å². The third kappa shape index (κ3) is 22.8. The summed E-state index contributed by atoms with van der Waals surface area (Å²) in [6.07, 6.45) is -2.69. The Kier molecular flexibility index (Phi) is 22.9. The topological polar surface area (TPSA) is 121 Å². The van der Waals surface area contributed by atoms with Gasteiger partial charge in [0.2, 0.25) is 0 Å². The quantitative estimate of drug-likeness (QED) is 0.458. The summed E-state index contributed by atoms with van der Waals surface area (Å²) < 4.78 is 0. The van der Waals surface area contributed by atoms with E-state index < -0.39 is 24.1 Å². The SMILES string of the molecule is CC(O)C(=O)[O-].CC(O)C(=O)[O-].[Mg+2].[Mg+2]. The molecule has 0 aliphatic rings. The summed E-state index contributed by atoms with van der Waals surface area (Å²) in [5, 5.41) is 34.6. The molecule has 0 heterocycles. The molecule has 0 aliphatic carbocycles. The Bertz CT molecular complexity index is 140. The second kappa shape index (κ2) is 13.4. The van der Waals surface area contributed by atoms with Gasteiger partial charge in [0.25, 0.3) is 0 Å². The van der Waals surface area contributed by atoms with Gasteiger partial charge >= 0.3 is 46.1 Å². The number of aliphatic hydroxyl groups is 2. The first-order valence-corrected chi connectivity index (χ1v) is 3.06. The van der Waals surface area contributed by atoms with Crippen molar-refractivity contribution in [1.29, 1.82) is 0 Å². The Labute approximate surface area is 114 Å². The van der Waals surface area contributed by atoms with E-state index in [2.05, 4.69) is 0 Å². The minimum atomic E-state index is -1.44. The maximum absolute atomic E-state index is 9.34. The molecule has 6 nitrogen and oxygen atoms in total. The second-order valence-corrected chi connectivity index (χ2v) is 1.99. The molecule has 72 valence electrons. The molecular formula is C6H10Mg2O6+2. The van der Waals surface area contributed by atoms with Gasteiger partial charge in [-0.2, -0.15) is 0 Å². The molecule has 2 atom stereocenters. The van der Waals surface area contributed by atoms with E-state index in [1.54, 1.807) is 0 Å². The van der Waals surface area contributed by atoms with Crippen molar-refractivity contribution in [3.63, 3.8) is 0 Å². The molecule has 0 aromatic carbocycles. The maximum atomic E-state index is 9.34. The van der Waals surface area contributed by atoms with E-state index in [1.165, 1.54) is 0 Å². The van der Waals surface area contributed by atoms with Gasteiger partial charge in [0.05, 0.1) is 24.1 Å². The fourth-order valence-corrected chi connectivity index (χ4v) is 0. The average Bonchev–Trinajstić information content (AvgIpc) is 1.88. The molecule has 0 fully saturated rings. The van der Waals surface area contributed by atoms with E-state index in [1.807, 2.05) is 0 Å². The maximum Gasteiger partial charge on any atom is 2.00 e. The number of carbonyl (C=O) groups excluding carboxylic acids is 2. The van der Waals surface area contributed by atoms with Gasteiger partial charge in [0.1, 0.15) is 0 Å². The predicted molar refractivity (Wildman–Crippen MR) is 44.9 cm³/mol. The number of aliphatic carboxylic acids is 2. The van der Waals surface area contributed by atoms with Gasteiger partial charge in [-0.1, -0.05) is 0 Å². The largest absolute Gasteiger partial charge is 2.00 e. The monoisotopic (exact) mass is 226 g/mol. The standard InChI is InChI=1S/2C3H6O3.2Mg/c2*1-2(4)3(5)6;;/h2*2,4H,1H3,(H,5,6);;/q;;2*+2/p-2.